The second kappa shape index (κ2) is 10.4. The number of furan rings is 1. The first kappa shape index (κ1) is 26.3. The second-order valence-electron chi connectivity index (χ2n) is 9.57. The number of aromatic nitrogens is 1. The fourth-order valence-electron chi connectivity index (χ4n) is 4.73. The van der Waals surface area contributed by atoms with Crippen LogP contribution in [0.25, 0.3) is 22.1 Å². The normalized spacial score (nSPS) is 18.5. The number of nitrogens with zero attached hydrogens (tertiary/aromatic N) is 2. The third-order valence-corrected chi connectivity index (χ3v) is 7.56. The van der Waals surface area contributed by atoms with Crippen molar-refractivity contribution in [3.05, 3.63) is 75.8 Å². The number of nitrogen functional groups attached to an aromatic ring is 1. The molecule has 1 aliphatic rings. The molecule has 0 saturated carbocycles. The van der Waals surface area contributed by atoms with Crippen molar-refractivity contribution >= 4 is 45.9 Å². The van der Waals surface area contributed by atoms with Crippen LogP contribution in [0.4, 0.5) is 10.2 Å². The fourth-order valence-corrected chi connectivity index (χ4v) is 5.41. The predicted molar refractivity (Wildman–Crippen MR) is 147 cm³/mol. The molecule has 1 saturated heterocycles. The number of amides is 1. The zero-order valence-electron chi connectivity index (χ0n) is 21.1. The number of hydrogen-bond donors (Lipinski definition) is 2. The summed E-state index contributed by atoms with van der Waals surface area (Å²) in [4.78, 5) is 19.3. The van der Waals surface area contributed by atoms with Gasteiger partial charge in [-0.25, -0.2) is 9.37 Å². The third kappa shape index (κ3) is 4.79. The first-order valence-corrected chi connectivity index (χ1v) is 13.0. The van der Waals surface area contributed by atoms with Crippen LogP contribution in [0.3, 0.4) is 0 Å². The molecular weight excluding hydrogens is 530 g/mol. The van der Waals surface area contributed by atoms with Gasteiger partial charge >= 0.3 is 0 Å². The molecule has 3 heterocycles. The number of ether oxygens (including phenoxy) is 1. The van der Waals surface area contributed by atoms with Crippen LogP contribution in [-0.2, 0) is 0 Å². The predicted octanol–water partition coefficient (Wildman–Crippen LogP) is 6.49. The molecule has 1 aliphatic heterocycles. The molecule has 10 heteroatoms. The maximum atomic E-state index is 14.1. The number of carbonyl (C=O) groups is 1. The highest BCUT2D eigenvalue weighted by Gasteiger charge is 2.28. The molecule has 0 aliphatic carbocycles. The number of nitrogens with one attached hydrogen (secondary N) is 1. The highest BCUT2D eigenvalue weighted by molar-refractivity contribution is 6.36. The molecule has 2 aromatic heterocycles. The van der Waals surface area contributed by atoms with Gasteiger partial charge in [-0.3, -0.25) is 4.79 Å². The molecular formula is C28H27Cl2FN4O3. The molecule has 38 heavy (non-hydrogen) atoms. The van der Waals surface area contributed by atoms with Gasteiger partial charge in [0.1, 0.15) is 11.9 Å². The largest absolute Gasteiger partial charge is 0.478 e. The maximum Gasteiger partial charge on any atom is 0.254 e. The van der Waals surface area contributed by atoms with E-state index in [1.807, 2.05) is 36.1 Å². The number of halogens is 3. The Morgan fingerprint density at radius 3 is 2.71 bits per heavy atom. The van der Waals surface area contributed by atoms with E-state index in [9.17, 15) is 9.18 Å². The van der Waals surface area contributed by atoms with Crippen LogP contribution in [0.5, 0.6) is 5.75 Å². The molecule has 2 aromatic carbocycles. The quantitative estimate of drug-likeness (QED) is 0.273. The lowest BCUT2D eigenvalue weighted by Crippen LogP contribution is -2.56. The Kier molecular flexibility index (Phi) is 7.22. The van der Waals surface area contributed by atoms with Crippen LogP contribution in [0.15, 0.2) is 53.3 Å². The maximum absolute atomic E-state index is 14.1. The molecule has 7 nitrogen and oxygen atoms in total. The van der Waals surface area contributed by atoms with E-state index in [2.05, 4.69) is 17.2 Å². The molecule has 3 atom stereocenters. The smallest absolute Gasteiger partial charge is 0.254 e. The highest BCUT2D eigenvalue weighted by Crippen LogP contribution is 2.41. The lowest BCUT2D eigenvalue weighted by atomic mass is 10.0. The lowest BCUT2D eigenvalue weighted by molar-refractivity contribution is 0.0616. The van der Waals surface area contributed by atoms with E-state index in [4.69, 9.17) is 38.1 Å². The Labute approximate surface area is 229 Å². The number of carbonyl (C=O) groups excluding carboxylic acids is 1. The molecule has 198 valence electrons. The Morgan fingerprint density at radius 1 is 1.24 bits per heavy atom. The van der Waals surface area contributed by atoms with Gasteiger partial charge < -0.3 is 25.1 Å². The number of anilines is 1. The van der Waals surface area contributed by atoms with Crippen LogP contribution < -0.4 is 15.8 Å². The van der Waals surface area contributed by atoms with Crippen LogP contribution in [0.2, 0.25) is 10.0 Å². The Balaban J connectivity index is 1.44. The topological polar surface area (TPSA) is 93.6 Å². The molecule has 0 radical (unpaired) electrons. The van der Waals surface area contributed by atoms with Gasteiger partial charge in [-0.15, -0.1) is 0 Å². The summed E-state index contributed by atoms with van der Waals surface area (Å²) in [5, 5.41) is 4.20. The average Bonchev–Trinajstić information content (AvgIpc) is 3.33. The summed E-state index contributed by atoms with van der Waals surface area (Å²) in [6.45, 7) is 7.22. The van der Waals surface area contributed by atoms with Crippen molar-refractivity contribution in [2.75, 3.05) is 18.8 Å². The number of nitrogens with two attached hydrogens (primary N) is 1. The lowest BCUT2D eigenvalue weighted by Gasteiger charge is -2.37. The summed E-state index contributed by atoms with van der Waals surface area (Å²) in [6, 6.07) is 10.4. The monoisotopic (exact) mass is 556 g/mol. The molecule has 5 rings (SSSR count). The van der Waals surface area contributed by atoms with Gasteiger partial charge in [-0.2, -0.15) is 0 Å². The minimum atomic E-state index is -0.741. The van der Waals surface area contributed by atoms with Gasteiger partial charge in [0, 0.05) is 53.1 Å². The van der Waals surface area contributed by atoms with Gasteiger partial charge in [0.2, 0.25) is 5.75 Å². The van der Waals surface area contributed by atoms with E-state index >= 15 is 0 Å². The first-order chi connectivity index (χ1) is 18.2. The summed E-state index contributed by atoms with van der Waals surface area (Å²) in [5.74, 6) is -0.294. The van der Waals surface area contributed by atoms with Crippen molar-refractivity contribution < 1.29 is 18.3 Å². The number of pyridine rings is 1. The van der Waals surface area contributed by atoms with E-state index in [1.165, 1.54) is 12.1 Å². The standard InChI is InChI=1S/C28H27Cl2FN4O3/c1-14-12-35(15(2)10-33-14)28(36)18-6-4-17(5-7-18)20-13-37-25-19(20)11-34-27(32)26(25)38-16(3)23-21(29)8-9-22(31)24(23)30/h4-9,11,13-16,33H,10,12H2,1-3H3,(H2,32,34)/t14-,15+,16+/m0/s1. The number of fused-ring (bicyclic) bond motifs is 1. The highest BCUT2D eigenvalue weighted by atomic mass is 35.5. The number of hydrogen-bond acceptors (Lipinski definition) is 6. The SMILES string of the molecule is C[C@@H]1CN[C@@H](C)CN1C(=O)c1ccc(-c2coc3c(O[C@H](C)c4c(Cl)ccc(F)c4Cl)c(N)ncc23)cc1. The average molecular weight is 557 g/mol. The number of piperazine rings is 1. The van der Waals surface area contributed by atoms with Crippen LogP contribution in [-0.4, -0.2) is 41.0 Å². The Bertz CT molecular complexity index is 1510. The molecule has 0 unspecified atom stereocenters. The van der Waals surface area contributed by atoms with Crippen molar-refractivity contribution in [2.24, 2.45) is 0 Å². The summed E-state index contributed by atoms with van der Waals surface area (Å²) >= 11 is 12.4. The molecule has 1 fully saturated rings. The first-order valence-electron chi connectivity index (χ1n) is 12.3. The van der Waals surface area contributed by atoms with E-state index in [0.717, 1.165) is 17.7 Å². The van der Waals surface area contributed by atoms with Crippen LogP contribution >= 0.6 is 23.2 Å². The number of rotatable bonds is 5. The summed E-state index contributed by atoms with van der Waals surface area (Å²) in [7, 11) is 0. The molecule has 4 aromatic rings. The van der Waals surface area contributed by atoms with E-state index in [0.29, 0.717) is 28.6 Å². The van der Waals surface area contributed by atoms with Crippen molar-refractivity contribution in [3.63, 3.8) is 0 Å². The molecule has 1 amide bonds. The second-order valence-corrected chi connectivity index (χ2v) is 10.4. The minimum absolute atomic E-state index is 0.00300. The summed E-state index contributed by atoms with van der Waals surface area (Å²) in [6.07, 6.45) is 2.45. The van der Waals surface area contributed by atoms with E-state index < -0.39 is 11.9 Å². The van der Waals surface area contributed by atoms with Gasteiger partial charge in [0.05, 0.1) is 16.7 Å². The van der Waals surface area contributed by atoms with Crippen LogP contribution in [0.1, 0.15) is 42.8 Å². The minimum Gasteiger partial charge on any atom is -0.478 e. The van der Waals surface area contributed by atoms with Crippen molar-refractivity contribution in [2.45, 2.75) is 39.0 Å². The fraction of sp³-hybridized carbons (Fsp3) is 0.286. The van der Waals surface area contributed by atoms with Gasteiger partial charge in [-0.1, -0.05) is 35.3 Å². The summed E-state index contributed by atoms with van der Waals surface area (Å²) in [5.41, 5.74) is 9.02. The van der Waals surface area contributed by atoms with Gasteiger partial charge in [0.25, 0.3) is 5.91 Å². The molecule has 0 bridgehead atoms. The van der Waals surface area contributed by atoms with E-state index in [1.54, 1.807) is 19.4 Å². The van der Waals surface area contributed by atoms with Crippen molar-refractivity contribution in [1.29, 1.82) is 0 Å². The molecule has 3 N–H and O–H groups in total. The van der Waals surface area contributed by atoms with Crippen molar-refractivity contribution in [3.8, 4) is 16.9 Å². The van der Waals surface area contributed by atoms with Gasteiger partial charge in [0.15, 0.2) is 11.4 Å². The summed E-state index contributed by atoms with van der Waals surface area (Å²) < 4.78 is 26.0. The zero-order chi connectivity index (χ0) is 27.1. The molecule has 0 spiro atoms. The van der Waals surface area contributed by atoms with Crippen LogP contribution in [0, 0.1) is 5.82 Å². The van der Waals surface area contributed by atoms with Crippen molar-refractivity contribution in [1.82, 2.24) is 15.2 Å². The zero-order valence-corrected chi connectivity index (χ0v) is 22.6. The third-order valence-electron chi connectivity index (χ3n) is 6.85. The Hall–Kier alpha value is -3.33. The van der Waals surface area contributed by atoms with E-state index in [-0.39, 0.29) is 39.6 Å². The van der Waals surface area contributed by atoms with Gasteiger partial charge in [-0.05, 0) is 50.6 Å². The Morgan fingerprint density at radius 2 is 1.97 bits per heavy atom. The number of benzene rings is 2.